The highest BCUT2D eigenvalue weighted by Crippen LogP contribution is 2.36. The molecule has 0 radical (unpaired) electrons. The molecule has 0 aromatic heterocycles. The Bertz CT molecular complexity index is 428. The van der Waals surface area contributed by atoms with Crippen LogP contribution in [0.25, 0.3) is 0 Å². The Hall–Kier alpha value is -1.04. The quantitative estimate of drug-likeness (QED) is 0.757. The molecule has 2 atom stereocenters. The fourth-order valence-electron chi connectivity index (χ4n) is 2.78. The lowest BCUT2D eigenvalue weighted by atomic mass is 9.90. The fraction of sp³-hybridized carbons (Fsp3) is 0.562. The number of hydrogen-bond donors (Lipinski definition) is 0. The zero-order chi connectivity index (χ0) is 14.6. The van der Waals surface area contributed by atoms with E-state index >= 15 is 0 Å². The van der Waals surface area contributed by atoms with Crippen LogP contribution in [0.15, 0.2) is 30.3 Å². The van der Waals surface area contributed by atoms with Gasteiger partial charge < -0.3 is 0 Å². The molecule has 1 aromatic carbocycles. The summed E-state index contributed by atoms with van der Waals surface area (Å²) in [4.78, 5) is 1.26. The number of rotatable bonds is 5. The normalized spacial score (nSPS) is 16.4. The molecule has 1 aromatic rings. The molecule has 19 heavy (non-hydrogen) atoms. The van der Waals surface area contributed by atoms with Gasteiger partial charge in [-0.15, -0.1) is 0 Å². The van der Waals surface area contributed by atoms with Crippen LogP contribution in [0.4, 0.5) is 0 Å². The Balaban J connectivity index is 3.19. The van der Waals surface area contributed by atoms with Crippen molar-refractivity contribution in [3.05, 3.63) is 35.9 Å². The van der Waals surface area contributed by atoms with Crippen molar-refractivity contribution in [1.29, 1.82) is 5.26 Å². The molecule has 0 aliphatic rings. The van der Waals surface area contributed by atoms with E-state index in [1.54, 1.807) is 0 Å². The van der Waals surface area contributed by atoms with E-state index in [1.807, 2.05) is 37.3 Å². The van der Waals surface area contributed by atoms with E-state index in [4.69, 9.17) is 11.6 Å². The van der Waals surface area contributed by atoms with Crippen molar-refractivity contribution in [3.63, 3.8) is 0 Å². The van der Waals surface area contributed by atoms with Crippen molar-refractivity contribution in [2.75, 3.05) is 0 Å². The minimum atomic E-state index is -1.02. The van der Waals surface area contributed by atoms with Gasteiger partial charge in [0.25, 0.3) is 0 Å². The summed E-state index contributed by atoms with van der Waals surface area (Å²) in [6.07, 6.45) is 0. The first-order valence-corrected chi connectivity index (χ1v) is 7.15. The van der Waals surface area contributed by atoms with Crippen molar-refractivity contribution in [3.8, 4) is 6.07 Å². The molecule has 2 unspecified atom stereocenters. The van der Waals surface area contributed by atoms with Gasteiger partial charge in [0.2, 0.25) is 0 Å². The molecule has 0 amide bonds. The Kier molecular flexibility index (Phi) is 5.40. The largest absolute Gasteiger partial charge is 0.293 e. The van der Waals surface area contributed by atoms with Gasteiger partial charge in [-0.1, -0.05) is 41.9 Å². The Morgan fingerprint density at radius 2 is 1.53 bits per heavy atom. The van der Waals surface area contributed by atoms with Crippen LogP contribution in [0, 0.1) is 11.3 Å². The van der Waals surface area contributed by atoms with Crippen molar-refractivity contribution in [2.45, 2.75) is 57.6 Å². The first kappa shape index (κ1) is 16.0. The van der Waals surface area contributed by atoms with Crippen LogP contribution < -0.4 is 0 Å². The molecule has 0 fully saturated rings. The van der Waals surface area contributed by atoms with Crippen LogP contribution in [0.5, 0.6) is 0 Å². The van der Waals surface area contributed by atoms with Gasteiger partial charge in [-0.25, -0.2) is 0 Å². The van der Waals surface area contributed by atoms with Gasteiger partial charge in [0.05, 0.1) is 6.07 Å². The fourth-order valence-corrected chi connectivity index (χ4v) is 3.01. The molecule has 1 rings (SSSR count). The highest BCUT2D eigenvalue weighted by atomic mass is 35.5. The van der Waals surface area contributed by atoms with E-state index in [0.717, 1.165) is 5.56 Å². The molecule has 104 valence electrons. The highest BCUT2D eigenvalue weighted by Gasteiger charge is 2.41. The predicted octanol–water partition coefficient (Wildman–Crippen LogP) is 4.15. The number of benzene rings is 1. The molecule has 0 spiro atoms. The van der Waals surface area contributed by atoms with Crippen molar-refractivity contribution < 1.29 is 0 Å². The smallest absolute Gasteiger partial charge is 0.171 e. The summed E-state index contributed by atoms with van der Waals surface area (Å²) in [6.45, 7) is 10.6. The Morgan fingerprint density at radius 1 is 1.05 bits per heavy atom. The monoisotopic (exact) mass is 278 g/mol. The maximum Gasteiger partial charge on any atom is 0.171 e. The summed E-state index contributed by atoms with van der Waals surface area (Å²) < 4.78 is 0. The van der Waals surface area contributed by atoms with Crippen molar-refractivity contribution >= 4 is 11.6 Å². The summed E-state index contributed by atoms with van der Waals surface area (Å²) in [5.41, 5.74) is 0.859. The van der Waals surface area contributed by atoms with E-state index in [1.165, 1.54) is 0 Å². The third-order valence-electron chi connectivity index (χ3n) is 3.57. The van der Waals surface area contributed by atoms with Gasteiger partial charge in [0.15, 0.2) is 4.87 Å². The summed E-state index contributed by atoms with van der Waals surface area (Å²) in [5, 5.41) is 9.61. The third-order valence-corrected chi connectivity index (χ3v) is 4.19. The average molecular weight is 279 g/mol. The van der Waals surface area contributed by atoms with E-state index < -0.39 is 4.87 Å². The van der Waals surface area contributed by atoms with Gasteiger partial charge in [-0.2, -0.15) is 5.26 Å². The van der Waals surface area contributed by atoms with Crippen LogP contribution in [0.1, 0.15) is 40.2 Å². The molecule has 0 aliphatic carbocycles. The lowest BCUT2D eigenvalue weighted by Gasteiger charge is -2.41. The second-order valence-corrected chi connectivity index (χ2v) is 6.10. The highest BCUT2D eigenvalue weighted by molar-refractivity contribution is 6.26. The van der Waals surface area contributed by atoms with E-state index in [-0.39, 0.29) is 6.04 Å². The molecule has 0 saturated heterocycles. The minimum absolute atomic E-state index is 0.0680. The molecular formula is C16H23ClN2. The summed E-state index contributed by atoms with van der Waals surface area (Å²) in [5.74, 6) is 0. The predicted molar refractivity (Wildman–Crippen MR) is 81.2 cm³/mol. The first-order valence-electron chi connectivity index (χ1n) is 6.77. The second kappa shape index (κ2) is 6.41. The molecule has 2 nitrogen and oxygen atoms in total. The van der Waals surface area contributed by atoms with Crippen LogP contribution in [-0.2, 0) is 4.87 Å². The van der Waals surface area contributed by atoms with Crippen molar-refractivity contribution in [1.82, 2.24) is 4.90 Å². The van der Waals surface area contributed by atoms with Crippen LogP contribution in [0.2, 0.25) is 0 Å². The Labute approximate surface area is 122 Å². The molecule has 0 N–H and O–H groups in total. The van der Waals surface area contributed by atoms with Crippen LogP contribution >= 0.6 is 11.6 Å². The van der Waals surface area contributed by atoms with E-state index in [0.29, 0.717) is 12.1 Å². The topological polar surface area (TPSA) is 27.0 Å². The third kappa shape index (κ3) is 3.29. The molecule has 3 heteroatoms. The molecule has 0 bridgehead atoms. The molecular weight excluding hydrogens is 256 g/mol. The number of nitrogens with zero attached hydrogens (tertiary/aromatic N) is 2. The summed E-state index contributed by atoms with van der Waals surface area (Å²) in [6, 6.07) is 12.5. The lowest BCUT2D eigenvalue weighted by molar-refractivity contribution is 0.106. The summed E-state index contributed by atoms with van der Waals surface area (Å²) in [7, 11) is 0. The van der Waals surface area contributed by atoms with Gasteiger partial charge in [-0.05, 0) is 40.2 Å². The number of nitriles is 1. The van der Waals surface area contributed by atoms with Gasteiger partial charge in [0, 0.05) is 18.1 Å². The van der Waals surface area contributed by atoms with Crippen molar-refractivity contribution in [2.24, 2.45) is 0 Å². The van der Waals surface area contributed by atoms with Gasteiger partial charge in [0.1, 0.15) is 0 Å². The van der Waals surface area contributed by atoms with E-state index in [2.05, 4.69) is 38.7 Å². The number of alkyl halides is 1. The molecule has 0 saturated carbocycles. The minimum Gasteiger partial charge on any atom is -0.293 e. The van der Waals surface area contributed by atoms with E-state index in [9.17, 15) is 5.26 Å². The first-order chi connectivity index (χ1) is 8.84. The summed E-state index contributed by atoms with van der Waals surface area (Å²) >= 11 is 6.68. The zero-order valence-corrected chi connectivity index (χ0v) is 13.1. The maximum atomic E-state index is 9.61. The Morgan fingerprint density at radius 3 is 1.89 bits per heavy atom. The number of halogens is 1. The lowest BCUT2D eigenvalue weighted by Crippen LogP contribution is -2.51. The number of hydrogen-bond acceptors (Lipinski definition) is 2. The second-order valence-electron chi connectivity index (χ2n) is 5.50. The standard InChI is InChI=1S/C16H23ClN2/c1-12(2)19(13(3)4)14(5)16(17,11-18)15-9-7-6-8-10-15/h6-10,12-14H,1-5H3. The SMILES string of the molecule is CC(C)N(C(C)C)C(C)C(Cl)(C#N)c1ccccc1. The molecule has 0 aliphatic heterocycles. The maximum absolute atomic E-state index is 9.61. The molecule has 0 heterocycles. The van der Waals surface area contributed by atoms with Crippen LogP contribution in [0.3, 0.4) is 0 Å². The van der Waals surface area contributed by atoms with Gasteiger partial charge >= 0.3 is 0 Å². The average Bonchev–Trinajstić information content (AvgIpc) is 2.37. The van der Waals surface area contributed by atoms with Gasteiger partial charge in [-0.3, -0.25) is 4.90 Å². The zero-order valence-electron chi connectivity index (χ0n) is 12.4. The van der Waals surface area contributed by atoms with Crippen LogP contribution in [-0.4, -0.2) is 23.0 Å².